The van der Waals surface area contributed by atoms with Crippen LogP contribution in [0.25, 0.3) is 0 Å². The van der Waals surface area contributed by atoms with Crippen LogP contribution in [-0.2, 0) is 16.4 Å². The fraction of sp³-hybridized carbons (Fsp3) is 0.333. The summed E-state index contributed by atoms with van der Waals surface area (Å²) in [6.45, 7) is 4.13. The van der Waals surface area contributed by atoms with Crippen molar-refractivity contribution in [3.8, 4) is 5.75 Å². The van der Waals surface area contributed by atoms with Crippen LogP contribution in [-0.4, -0.2) is 27.8 Å². The first-order valence-corrected chi connectivity index (χ1v) is 9.40. The van der Waals surface area contributed by atoms with Gasteiger partial charge in [-0.15, -0.1) is 11.3 Å². The lowest BCUT2D eigenvalue weighted by atomic mass is 10.3. The molecule has 1 N–H and O–H groups in total. The van der Waals surface area contributed by atoms with Crippen molar-refractivity contribution in [3.05, 3.63) is 46.2 Å². The number of hydrogen-bond acceptors (Lipinski definition) is 5. The minimum Gasteiger partial charge on any atom is -0.492 e. The van der Waals surface area contributed by atoms with Crippen LogP contribution in [0.15, 0.2) is 40.6 Å². The van der Waals surface area contributed by atoms with E-state index in [2.05, 4.69) is 23.7 Å². The molecule has 2 aromatic rings. The molecule has 0 amide bonds. The second kappa shape index (κ2) is 7.06. The fourth-order valence-electron chi connectivity index (χ4n) is 1.82. The minimum atomic E-state index is -3.19. The summed E-state index contributed by atoms with van der Waals surface area (Å²) < 4.78 is 28.5. The summed E-state index contributed by atoms with van der Waals surface area (Å²) in [4.78, 5) is 1.61. The molecular weight excluding hydrogens is 306 g/mol. The molecule has 4 nitrogen and oxygen atoms in total. The van der Waals surface area contributed by atoms with E-state index in [9.17, 15) is 8.42 Å². The van der Waals surface area contributed by atoms with Crippen molar-refractivity contribution in [1.82, 2.24) is 5.32 Å². The zero-order valence-electron chi connectivity index (χ0n) is 12.1. The monoisotopic (exact) mass is 325 g/mol. The molecule has 0 saturated heterocycles. The predicted octanol–water partition coefficient (Wildman–Crippen LogP) is 2.63. The number of hydrogen-bond donors (Lipinski definition) is 1. The third-order valence-electron chi connectivity index (χ3n) is 3.03. The van der Waals surface area contributed by atoms with Gasteiger partial charge in [0.2, 0.25) is 0 Å². The highest BCUT2D eigenvalue weighted by Crippen LogP contribution is 2.17. The summed E-state index contributed by atoms with van der Waals surface area (Å²) in [5.41, 5.74) is 1.30. The maximum absolute atomic E-state index is 11.5. The van der Waals surface area contributed by atoms with E-state index in [1.807, 2.05) is 0 Å². The van der Waals surface area contributed by atoms with Gasteiger partial charge in [0.05, 0.1) is 4.90 Å². The topological polar surface area (TPSA) is 55.4 Å². The maximum atomic E-state index is 11.5. The first-order chi connectivity index (χ1) is 9.97. The molecule has 0 atom stereocenters. The van der Waals surface area contributed by atoms with Crippen LogP contribution in [0.5, 0.6) is 5.75 Å². The van der Waals surface area contributed by atoms with Crippen LogP contribution >= 0.6 is 11.3 Å². The Kier molecular flexibility index (Phi) is 5.39. The summed E-state index contributed by atoms with van der Waals surface area (Å²) in [7, 11) is -3.19. The first-order valence-electron chi connectivity index (χ1n) is 6.63. The van der Waals surface area contributed by atoms with Crippen LogP contribution in [0, 0.1) is 6.92 Å². The highest BCUT2D eigenvalue weighted by Gasteiger charge is 2.07. The lowest BCUT2D eigenvalue weighted by molar-refractivity contribution is 0.313. The molecule has 0 aliphatic rings. The summed E-state index contributed by atoms with van der Waals surface area (Å²) in [6, 6.07) is 8.68. The van der Waals surface area contributed by atoms with E-state index in [1.54, 1.807) is 35.6 Å². The number of thiophene rings is 1. The Bertz CT molecular complexity index is 692. The van der Waals surface area contributed by atoms with Gasteiger partial charge in [-0.25, -0.2) is 8.42 Å². The number of aryl methyl sites for hydroxylation is 1. The smallest absolute Gasteiger partial charge is 0.175 e. The second-order valence-corrected chi connectivity index (χ2v) is 7.82. The number of rotatable bonds is 7. The molecule has 0 saturated carbocycles. The molecular formula is C15H19NO3S2. The van der Waals surface area contributed by atoms with E-state index in [0.717, 1.165) is 6.54 Å². The predicted molar refractivity (Wildman–Crippen MR) is 85.8 cm³/mol. The van der Waals surface area contributed by atoms with Gasteiger partial charge in [-0.1, -0.05) is 6.07 Å². The molecule has 1 heterocycles. The van der Waals surface area contributed by atoms with Gasteiger partial charge in [-0.05, 0) is 42.1 Å². The molecule has 21 heavy (non-hydrogen) atoms. The van der Waals surface area contributed by atoms with Gasteiger partial charge in [0, 0.05) is 24.2 Å². The average molecular weight is 325 g/mol. The lowest BCUT2D eigenvalue weighted by Crippen LogP contribution is -2.20. The van der Waals surface area contributed by atoms with Crippen molar-refractivity contribution in [2.75, 3.05) is 19.4 Å². The summed E-state index contributed by atoms with van der Waals surface area (Å²) >= 11 is 1.74. The zero-order valence-corrected chi connectivity index (χ0v) is 13.8. The van der Waals surface area contributed by atoms with Crippen molar-refractivity contribution < 1.29 is 13.2 Å². The van der Waals surface area contributed by atoms with E-state index < -0.39 is 9.84 Å². The van der Waals surface area contributed by atoms with Crippen LogP contribution in [0.1, 0.15) is 10.4 Å². The van der Waals surface area contributed by atoms with Crippen LogP contribution in [0.2, 0.25) is 0 Å². The van der Waals surface area contributed by atoms with Gasteiger partial charge in [0.25, 0.3) is 0 Å². The van der Waals surface area contributed by atoms with Crippen molar-refractivity contribution in [2.24, 2.45) is 0 Å². The van der Waals surface area contributed by atoms with E-state index in [1.165, 1.54) is 16.7 Å². The normalized spacial score (nSPS) is 11.5. The Hall–Kier alpha value is -1.37. The van der Waals surface area contributed by atoms with Gasteiger partial charge >= 0.3 is 0 Å². The molecule has 0 unspecified atom stereocenters. The Morgan fingerprint density at radius 3 is 2.76 bits per heavy atom. The third-order valence-corrected chi connectivity index (χ3v) is 5.17. The van der Waals surface area contributed by atoms with Crippen molar-refractivity contribution in [1.29, 1.82) is 0 Å². The molecule has 0 aliphatic carbocycles. The Balaban J connectivity index is 1.78. The Labute approximate surface area is 129 Å². The average Bonchev–Trinajstić information content (AvgIpc) is 2.83. The van der Waals surface area contributed by atoms with E-state index >= 15 is 0 Å². The fourth-order valence-corrected chi connectivity index (χ4v) is 3.35. The maximum Gasteiger partial charge on any atom is 0.175 e. The molecule has 0 fully saturated rings. The largest absolute Gasteiger partial charge is 0.492 e. The van der Waals surface area contributed by atoms with Crippen LogP contribution in [0.3, 0.4) is 0 Å². The van der Waals surface area contributed by atoms with Crippen molar-refractivity contribution >= 4 is 21.2 Å². The highest BCUT2D eigenvalue weighted by molar-refractivity contribution is 7.90. The third kappa shape index (κ3) is 4.84. The standard InChI is InChI=1S/C15H19NO3S2/c1-12-6-9-20-15(12)11-16-7-8-19-13-4-3-5-14(10-13)21(2,17)18/h3-6,9-10,16H,7-8,11H2,1-2H3. The number of benzene rings is 1. The van der Waals surface area contributed by atoms with Crippen molar-refractivity contribution in [3.63, 3.8) is 0 Å². The quantitative estimate of drug-likeness (QED) is 0.795. The molecule has 2 rings (SSSR count). The Morgan fingerprint density at radius 2 is 2.10 bits per heavy atom. The van der Waals surface area contributed by atoms with Crippen LogP contribution < -0.4 is 10.1 Å². The first kappa shape index (κ1) is 16.0. The molecule has 0 bridgehead atoms. The highest BCUT2D eigenvalue weighted by atomic mass is 32.2. The van der Waals surface area contributed by atoms with Crippen LogP contribution in [0.4, 0.5) is 0 Å². The SMILES string of the molecule is Cc1ccsc1CNCCOc1cccc(S(C)(=O)=O)c1. The second-order valence-electron chi connectivity index (χ2n) is 4.80. The van der Waals surface area contributed by atoms with Gasteiger partial charge in [0.15, 0.2) is 9.84 Å². The van der Waals surface area contributed by atoms with Gasteiger partial charge in [-0.3, -0.25) is 0 Å². The van der Waals surface area contributed by atoms with E-state index in [4.69, 9.17) is 4.74 Å². The summed E-state index contributed by atoms with van der Waals surface area (Å²) in [5.74, 6) is 0.576. The molecule has 0 spiro atoms. The van der Waals surface area contributed by atoms with Crippen molar-refractivity contribution in [2.45, 2.75) is 18.4 Å². The molecule has 1 aromatic carbocycles. The number of ether oxygens (including phenoxy) is 1. The van der Waals surface area contributed by atoms with Gasteiger partial charge < -0.3 is 10.1 Å². The molecule has 6 heteroatoms. The zero-order chi connectivity index (χ0) is 15.3. The summed E-state index contributed by atoms with van der Waals surface area (Å²) in [5, 5.41) is 5.39. The van der Waals surface area contributed by atoms with E-state index in [0.29, 0.717) is 18.9 Å². The summed E-state index contributed by atoms with van der Waals surface area (Å²) in [6.07, 6.45) is 1.19. The lowest BCUT2D eigenvalue weighted by Gasteiger charge is -2.08. The number of nitrogens with one attached hydrogen (secondary N) is 1. The minimum absolute atomic E-state index is 0.280. The molecule has 1 aromatic heterocycles. The molecule has 114 valence electrons. The van der Waals surface area contributed by atoms with Gasteiger partial charge in [0.1, 0.15) is 12.4 Å². The molecule has 0 radical (unpaired) electrons. The van der Waals surface area contributed by atoms with Gasteiger partial charge in [-0.2, -0.15) is 0 Å². The molecule has 0 aliphatic heterocycles. The van der Waals surface area contributed by atoms with E-state index in [-0.39, 0.29) is 4.90 Å². The Morgan fingerprint density at radius 1 is 1.29 bits per heavy atom. The number of sulfone groups is 1.